The van der Waals surface area contributed by atoms with Crippen LogP contribution in [0.3, 0.4) is 0 Å². The Labute approximate surface area is 155 Å². The van der Waals surface area contributed by atoms with Crippen LogP contribution in [0.1, 0.15) is 52.9 Å². The summed E-state index contributed by atoms with van der Waals surface area (Å²) in [6.45, 7) is 6.07. The smallest absolute Gasteiger partial charge is 0.248 e. The number of nitrogens with zero attached hydrogens (tertiary/aromatic N) is 2. The van der Waals surface area contributed by atoms with Crippen molar-refractivity contribution >= 4 is 46.2 Å². The van der Waals surface area contributed by atoms with Crippen molar-refractivity contribution in [2.24, 2.45) is 11.3 Å². The fraction of sp³-hybridized carbons (Fsp3) is 0.750. The van der Waals surface area contributed by atoms with Crippen LogP contribution in [0, 0.1) is 11.3 Å². The topological polar surface area (TPSA) is 64.7 Å². The van der Waals surface area contributed by atoms with E-state index in [1.54, 1.807) is 14.1 Å². The molecule has 136 valence electrons. The second kappa shape index (κ2) is 8.71. The van der Waals surface area contributed by atoms with Gasteiger partial charge in [-0.15, -0.1) is 0 Å². The number of hydrogen-bond donors (Lipinski definition) is 2. The predicted octanol–water partition coefficient (Wildman–Crippen LogP) is 2.19. The highest BCUT2D eigenvalue weighted by molar-refractivity contribution is 7.80. The van der Waals surface area contributed by atoms with Crippen molar-refractivity contribution in [2.75, 3.05) is 14.1 Å². The molecule has 2 N–H and O–H groups in total. The normalized spacial score (nSPS) is 16.9. The zero-order valence-corrected chi connectivity index (χ0v) is 16.8. The standard InChI is InChI=1S/C14H22N4O2S2.C2H6/c1-14(6-7-14)13(22)18(3)16-11(20)8-10(19)15-17(2)12(21)9-4-5-9;1-2/h9H,4-8H2,1-3H3,(H,15,19)(H,16,20);1-2H3. The number of hydrazine groups is 2. The average molecular weight is 373 g/mol. The van der Waals surface area contributed by atoms with Crippen LogP contribution in [0.4, 0.5) is 0 Å². The molecule has 2 saturated carbocycles. The Kier molecular flexibility index (Phi) is 7.54. The van der Waals surface area contributed by atoms with Crippen LogP contribution in [-0.2, 0) is 9.59 Å². The lowest BCUT2D eigenvalue weighted by atomic mass is 10.1. The third-order valence-corrected chi connectivity index (χ3v) is 5.36. The SMILES string of the molecule is CC.CN(NC(=O)CC(=O)NN(C)C(=S)C1(C)CC1)C(=S)C1CC1. The van der Waals surface area contributed by atoms with Gasteiger partial charge in [0.25, 0.3) is 0 Å². The number of nitrogens with one attached hydrogen (secondary N) is 2. The first-order chi connectivity index (χ1) is 11.2. The molecule has 2 aliphatic carbocycles. The third-order valence-electron chi connectivity index (χ3n) is 3.98. The summed E-state index contributed by atoms with van der Waals surface area (Å²) in [5.41, 5.74) is 5.26. The molecule has 0 aromatic rings. The monoisotopic (exact) mass is 372 g/mol. The van der Waals surface area contributed by atoms with Crippen LogP contribution in [-0.4, -0.2) is 45.9 Å². The first-order valence-corrected chi connectivity index (χ1v) is 9.19. The molecule has 0 aromatic carbocycles. The van der Waals surface area contributed by atoms with Gasteiger partial charge in [0.05, 0.1) is 4.99 Å². The summed E-state index contributed by atoms with van der Waals surface area (Å²) in [6.07, 6.45) is 3.95. The molecule has 6 nitrogen and oxygen atoms in total. The summed E-state index contributed by atoms with van der Waals surface area (Å²) in [5, 5.41) is 3.07. The predicted molar refractivity (Wildman–Crippen MR) is 103 cm³/mol. The highest BCUT2D eigenvalue weighted by atomic mass is 32.1. The van der Waals surface area contributed by atoms with Crippen LogP contribution in [0.25, 0.3) is 0 Å². The molecule has 0 aliphatic heterocycles. The molecule has 0 radical (unpaired) electrons. The Morgan fingerprint density at radius 2 is 1.50 bits per heavy atom. The largest absolute Gasteiger partial charge is 0.282 e. The van der Waals surface area contributed by atoms with E-state index in [0.29, 0.717) is 15.9 Å². The van der Waals surface area contributed by atoms with Gasteiger partial charge in [-0.05, 0) is 25.7 Å². The number of carbonyl (C=O) groups excluding carboxylic acids is 2. The van der Waals surface area contributed by atoms with Crippen LogP contribution in [0.5, 0.6) is 0 Å². The van der Waals surface area contributed by atoms with E-state index >= 15 is 0 Å². The maximum atomic E-state index is 11.9. The Balaban J connectivity index is 0.00000139. The van der Waals surface area contributed by atoms with Gasteiger partial charge in [0.2, 0.25) is 11.8 Å². The zero-order valence-electron chi connectivity index (χ0n) is 15.1. The van der Waals surface area contributed by atoms with Crippen LogP contribution >= 0.6 is 24.4 Å². The highest BCUT2D eigenvalue weighted by Crippen LogP contribution is 2.46. The molecule has 0 atom stereocenters. The van der Waals surface area contributed by atoms with Crippen LogP contribution in [0.2, 0.25) is 0 Å². The van der Waals surface area contributed by atoms with Gasteiger partial charge in [0.1, 0.15) is 11.4 Å². The second-order valence-electron chi connectivity index (χ2n) is 6.34. The molecule has 0 aromatic heterocycles. The van der Waals surface area contributed by atoms with E-state index in [1.807, 2.05) is 13.8 Å². The number of hydrogen-bond acceptors (Lipinski definition) is 4. The summed E-state index contributed by atoms with van der Waals surface area (Å²) in [7, 11) is 3.40. The summed E-state index contributed by atoms with van der Waals surface area (Å²) >= 11 is 10.6. The molecule has 24 heavy (non-hydrogen) atoms. The zero-order chi connectivity index (χ0) is 18.5. The van der Waals surface area contributed by atoms with E-state index < -0.39 is 5.91 Å². The summed E-state index contributed by atoms with van der Waals surface area (Å²) in [6, 6.07) is 0. The van der Waals surface area contributed by atoms with Gasteiger partial charge in [0.15, 0.2) is 0 Å². The molecule has 2 fully saturated rings. The molecule has 2 rings (SSSR count). The number of carbonyl (C=O) groups is 2. The van der Waals surface area contributed by atoms with Gasteiger partial charge < -0.3 is 0 Å². The fourth-order valence-corrected chi connectivity index (χ4v) is 2.65. The van der Waals surface area contributed by atoms with E-state index in [9.17, 15) is 9.59 Å². The molecule has 0 heterocycles. The lowest BCUT2D eigenvalue weighted by molar-refractivity contribution is -0.132. The molecule has 2 aliphatic rings. The average Bonchev–Trinajstić information content (AvgIpc) is 3.43. The minimum atomic E-state index is -0.391. The maximum Gasteiger partial charge on any atom is 0.248 e. The number of rotatable bonds is 4. The first-order valence-electron chi connectivity index (χ1n) is 8.37. The Morgan fingerprint density at radius 3 is 1.92 bits per heavy atom. The van der Waals surface area contributed by atoms with Crippen LogP contribution in [0.15, 0.2) is 0 Å². The molecular formula is C16H28N4O2S2. The van der Waals surface area contributed by atoms with E-state index in [0.717, 1.165) is 25.7 Å². The summed E-state index contributed by atoms with van der Waals surface area (Å²) in [4.78, 5) is 25.2. The molecule has 2 amide bonds. The minimum absolute atomic E-state index is 0.0102. The number of thiocarbonyl (C=S) groups is 2. The summed E-state index contributed by atoms with van der Waals surface area (Å²) in [5.74, 6) is -0.394. The van der Waals surface area contributed by atoms with E-state index in [-0.39, 0.29) is 17.7 Å². The first kappa shape index (κ1) is 20.8. The second-order valence-corrected chi connectivity index (χ2v) is 7.15. The van der Waals surface area contributed by atoms with Crippen molar-refractivity contribution in [1.29, 1.82) is 0 Å². The van der Waals surface area contributed by atoms with Crippen molar-refractivity contribution in [3.8, 4) is 0 Å². The van der Waals surface area contributed by atoms with Gasteiger partial charge in [-0.3, -0.25) is 30.5 Å². The molecule has 0 spiro atoms. The lowest BCUT2D eigenvalue weighted by Crippen LogP contribution is -2.48. The third kappa shape index (κ3) is 5.98. The van der Waals surface area contributed by atoms with Crippen molar-refractivity contribution < 1.29 is 9.59 Å². The summed E-state index contributed by atoms with van der Waals surface area (Å²) < 4.78 is 0. The number of amides is 2. The molecule has 8 heteroatoms. The fourth-order valence-electron chi connectivity index (χ4n) is 2.12. The van der Waals surface area contributed by atoms with Crippen LogP contribution < -0.4 is 10.9 Å². The van der Waals surface area contributed by atoms with Crippen molar-refractivity contribution in [3.63, 3.8) is 0 Å². The molecular weight excluding hydrogens is 344 g/mol. The van der Waals surface area contributed by atoms with Gasteiger partial charge in [0, 0.05) is 25.4 Å². The Hall–Kier alpha value is -1.28. The van der Waals surface area contributed by atoms with E-state index in [1.165, 1.54) is 10.0 Å². The van der Waals surface area contributed by atoms with Gasteiger partial charge >= 0.3 is 0 Å². The lowest BCUT2D eigenvalue weighted by Gasteiger charge is -2.25. The quantitative estimate of drug-likeness (QED) is 0.448. The maximum absolute atomic E-state index is 11.9. The minimum Gasteiger partial charge on any atom is -0.282 e. The highest BCUT2D eigenvalue weighted by Gasteiger charge is 2.43. The van der Waals surface area contributed by atoms with Gasteiger partial charge in [-0.2, -0.15) is 0 Å². The molecule has 0 unspecified atom stereocenters. The van der Waals surface area contributed by atoms with E-state index in [2.05, 4.69) is 17.8 Å². The van der Waals surface area contributed by atoms with E-state index in [4.69, 9.17) is 24.4 Å². The van der Waals surface area contributed by atoms with Crippen molar-refractivity contribution in [1.82, 2.24) is 20.9 Å². The van der Waals surface area contributed by atoms with Crippen molar-refractivity contribution in [2.45, 2.75) is 52.9 Å². The van der Waals surface area contributed by atoms with Gasteiger partial charge in [-0.25, -0.2) is 0 Å². The molecule has 0 saturated heterocycles. The molecule has 0 bridgehead atoms. The Bertz CT molecular complexity index is 516. The Morgan fingerprint density at radius 1 is 1.04 bits per heavy atom. The van der Waals surface area contributed by atoms with Crippen molar-refractivity contribution in [3.05, 3.63) is 0 Å². The van der Waals surface area contributed by atoms with Gasteiger partial charge in [-0.1, -0.05) is 45.2 Å².